The van der Waals surface area contributed by atoms with Gasteiger partial charge in [0.15, 0.2) is 0 Å². The minimum atomic E-state index is -0.634. The van der Waals surface area contributed by atoms with E-state index in [9.17, 15) is 4.79 Å². The van der Waals surface area contributed by atoms with Crippen molar-refractivity contribution in [1.82, 2.24) is 14.8 Å². The Morgan fingerprint density at radius 2 is 2.33 bits per heavy atom. The molecule has 0 spiro atoms. The van der Waals surface area contributed by atoms with Gasteiger partial charge in [0.05, 0.1) is 12.8 Å². The molecule has 1 heterocycles. The van der Waals surface area contributed by atoms with Gasteiger partial charge in [-0.3, -0.25) is 4.79 Å². The summed E-state index contributed by atoms with van der Waals surface area (Å²) in [6.07, 6.45) is 1.33. The Hall–Kier alpha value is -3.08. The summed E-state index contributed by atoms with van der Waals surface area (Å²) in [5.41, 5.74) is 6.67. The van der Waals surface area contributed by atoms with Crippen LogP contribution in [-0.4, -0.2) is 27.8 Å². The van der Waals surface area contributed by atoms with Gasteiger partial charge in [-0.25, -0.2) is 9.67 Å². The van der Waals surface area contributed by atoms with Crippen molar-refractivity contribution in [3.8, 4) is 11.8 Å². The summed E-state index contributed by atoms with van der Waals surface area (Å²) in [5, 5.41) is 15.3. The topological polar surface area (TPSA) is 119 Å². The normalized spacial score (nSPS) is 11.5. The maximum atomic E-state index is 12.2. The number of nitrogens with zero attached hydrogens (tertiary/aromatic N) is 4. The van der Waals surface area contributed by atoms with Crippen LogP contribution in [0.2, 0.25) is 0 Å². The van der Waals surface area contributed by atoms with Crippen molar-refractivity contribution in [3.05, 3.63) is 30.4 Å². The molecule has 0 saturated heterocycles. The Kier molecular flexibility index (Phi) is 4.04. The van der Waals surface area contributed by atoms with Crippen molar-refractivity contribution < 1.29 is 9.53 Å². The smallest absolute Gasteiger partial charge is 0.252 e. The zero-order valence-corrected chi connectivity index (χ0v) is 11.6. The molecule has 21 heavy (non-hydrogen) atoms. The van der Waals surface area contributed by atoms with E-state index in [1.165, 1.54) is 18.1 Å². The first-order valence-corrected chi connectivity index (χ1v) is 6.10. The fourth-order valence-electron chi connectivity index (χ4n) is 1.69. The van der Waals surface area contributed by atoms with Gasteiger partial charge in [-0.05, 0) is 25.1 Å². The summed E-state index contributed by atoms with van der Waals surface area (Å²) >= 11 is 0. The summed E-state index contributed by atoms with van der Waals surface area (Å²) < 4.78 is 6.47. The lowest BCUT2D eigenvalue weighted by atomic mass is 10.2. The highest BCUT2D eigenvalue weighted by molar-refractivity contribution is 5.95. The number of methoxy groups -OCH3 is 1. The fraction of sp³-hybridized carbons (Fsp3) is 0.231. The van der Waals surface area contributed by atoms with E-state index in [4.69, 9.17) is 15.7 Å². The third-order valence-electron chi connectivity index (χ3n) is 2.87. The maximum absolute atomic E-state index is 12.2. The van der Waals surface area contributed by atoms with Gasteiger partial charge in [-0.2, -0.15) is 5.26 Å². The van der Waals surface area contributed by atoms with Gasteiger partial charge in [0.25, 0.3) is 5.82 Å². The monoisotopic (exact) mass is 286 g/mol. The standard InChI is InChI=1S/C13H14N6O2/c1-8(19-7-16-12(6-14)18-19)13(20)17-10-5-9(15)3-4-11(10)21-2/h3-5,7-8H,15H2,1-2H3,(H,17,20). The quantitative estimate of drug-likeness (QED) is 0.807. The number of rotatable bonds is 4. The van der Waals surface area contributed by atoms with Gasteiger partial charge in [-0.15, -0.1) is 5.10 Å². The van der Waals surface area contributed by atoms with Crippen LogP contribution >= 0.6 is 0 Å². The van der Waals surface area contributed by atoms with Crippen molar-refractivity contribution in [2.24, 2.45) is 0 Å². The molecule has 0 aliphatic carbocycles. The van der Waals surface area contributed by atoms with E-state index < -0.39 is 6.04 Å². The second kappa shape index (κ2) is 5.92. The largest absolute Gasteiger partial charge is 0.495 e. The molecule has 3 N–H and O–H groups in total. The van der Waals surface area contributed by atoms with E-state index in [0.717, 1.165) is 0 Å². The molecule has 1 amide bonds. The molecule has 108 valence electrons. The number of nitriles is 1. The third kappa shape index (κ3) is 3.09. The minimum Gasteiger partial charge on any atom is -0.495 e. The lowest BCUT2D eigenvalue weighted by molar-refractivity contribution is -0.119. The summed E-state index contributed by atoms with van der Waals surface area (Å²) in [5.74, 6) is 0.186. The number of carbonyl (C=O) groups is 1. The number of nitrogens with two attached hydrogens (primary N) is 1. The second-order valence-corrected chi connectivity index (χ2v) is 4.28. The Morgan fingerprint density at radius 1 is 1.57 bits per heavy atom. The van der Waals surface area contributed by atoms with Crippen LogP contribution in [0.1, 0.15) is 18.8 Å². The van der Waals surface area contributed by atoms with Crippen LogP contribution < -0.4 is 15.8 Å². The van der Waals surface area contributed by atoms with Crippen molar-refractivity contribution in [2.75, 3.05) is 18.2 Å². The first kappa shape index (κ1) is 14.3. The molecule has 2 rings (SSSR count). The molecule has 2 aromatic rings. The number of carbonyl (C=O) groups excluding carboxylic acids is 1. The summed E-state index contributed by atoms with van der Waals surface area (Å²) in [6, 6.07) is 6.12. The molecular weight excluding hydrogens is 272 g/mol. The zero-order chi connectivity index (χ0) is 15.4. The second-order valence-electron chi connectivity index (χ2n) is 4.28. The van der Waals surface area contributed by atoms with Gasteiger partial charge >= 0.3 is 0 Å². The van der Waals surface area contributed by atoms with Crippen molar-refractivity contribution >= 4 is 17.3 Å². The predicted octanol–water partition coefficient (Wildman–Crippen LogP) is 0.940. The van der Waals surface area contributed by atoms with Crippen LogP contribution in [0, 0.1) is 11.3 Å². The van der Waals surface area contributed by atoms with Gasteiger partial charge in [0.1, 0.15) is 24.2 Å². The number of anilines is 2. The summed E-state index contributed by atoms with van der Waals surface area (Å²) in [4.78, 5) is 16.0. The van der Waals surface area contributed by atoms with E-state index in [-0.39, 0.29) is 11.7 Å². The SMILES string of the molecule is COc1ccc(N)cc1NC(=O)C(C)n1cnc(C#N)n1. The molecule has 1 aromatic heterocycles. The summed E-state index contributed by atoms with van der Waals surface area (Å²) in [7, 11) is 1.50. The van der Waals surface area contributed by atoms with Crippen LogP contribution in [-0.2, 0) is 4.79 Å². The number of ether oxygens (including phenoxy) is 1. The molecular formula is C13H14N6O2. The maximum Gasteiger partial charge on any atom is 0.252 e. The number of hydrogen-bond donors (Lipinski definition) is 2. The van der Waals surface area contributed by atoms with E-state index in [2.05, 4.69) is 15.4 Å². The van der Waals surface area contributed by atoms with E-state index in [1.807, 2.05) is 0 Å². The highest BCUT2D eigenvalue weighted by Gasteiger charge is 2.18. The highest BCUT2D eigenvalue weighted by atomic mass is 16.5. The number of nitrogens with one attached hydrogen (secondary N) is 1. The van der Waals surface area contributed by atoms with Crippen molar-refractivity contribution in [3.63, 3.8) is 0 Å². The number of amides is 1. The third-order valence-corrected chi connectivity index (χ3v) is 2.87. The van der Waals surface area contributed by atoms with Crippen LogP contribution in [0.15, 0.2) is 24.5 Å². The van der Waals surface area contributed by atoms with E-state index in [1.54, 1.807) is 31.2 Å². The Morgan fingerprint density at radius 3 is 2.95 bits per heavy atom. The molecule has 8 nitrogen and oxygen atoms in total. The molecule has 1 unspecified atom stereocenters. The van der Waals surface area contributed by atoms with Gasteiger partial charge in [-0.1, -0.05) is 0 Å². The van der Waals surface area contributed by atoms with Crippen molar-refractivity contribution in [2.45, 2.75) is 13.0 Å². The van der Waals surface area contributed by atoms with Crippen LogP contribution in [0.25, 0.3) is 0 Å². The Bertz CT molecular complexity index is 703. The number of benzene rings is 1. The number of nitrogen functional groups attached to an aromatic ring is 1. The molecule has 0 aliphatic rings. The molecule has 0 bridgehead atoms. The van der Waals surface area contributed by atoms with Gasteiger partial charge < -0.3 is 15.8 Å². The summed E-state index contributed by atoms with van der Waals surface area (Å²) in [6.45, 7) is 1.64. The lowest BCUT2D eigenvalue weighted by Gasteiger charge is -2.14. The fourth-order valence-corrected chi connectivity index (χ4v) is 1.69. The minimum absolute atomic E-state index is 0.0104. The molecule has 8 heteroatoms. The number of aromatic nitrogens is 3. The van der Waals surface area contributed by atoms with Gasteiger partial charge in [0.2, 0.25) is 5.91 Å². The Balaban J connectivity index is 2.18. The number of hydrogen-bond acceptors (Lipinski definition) is 6. The van der Waals surface area contributed by atoms with Crippen LogP contribution in [0.3, 0.4) is 0 Å². The zero-order valence-electron chi connectivity index (χ0n) is 11.6. The average molecular weight is 286 g/mol. The van der Waals surface area contributed by atoms with E-state index >= 15 is 0 Å². The highest BCUT2D eigenvalue weighted by Crippen LogP contribution is 2.27. The molecule has 0 fully saturated rings. The van der Waals surface area contributed by atoms with Crippen LogP contribution in [0.4, 0.5) is 11.4 Å². The molecule has 0 radical (unpaired) electrons. The molecule has 0 aliphatic heterocycles. The van der Waals surface area contributed by atoms with Gasteiger partial charge in [0, 0.05) is 5.69 Å². The van der Waals surface area contributed by atoms with Crippen LogP contribution in [0.5, 0.6) is 5.75 Å². The Labute approximate surface area is 121 Å². The first-order chi connectivity index (χ1) is 10.0. The average Bonchev–Trinajstić information content (AvgIpc) is 2.95. The van der Waals surface area contributed by atoms with E-state index in [0.29, 0.717) is 17.1 Å². The van der Waals surface area contributed by atoms with Crippen molar-refractivity contribution in [1.29, 1.82) is 5.26 Å². The molecule has 0 saturated carbocycles. The lowest BCUT2D eigenvalue weighted by Crippen LogP contribution is -2.24. The molecule has 1 aromatic carbocycles. The first-order valence-electron chi connectivity index (χ1n) is 6.10. The predicted molar refractivity (Wildman–Crippen MR) is 75.5 cm³/mol. The molecule has 1 atom stereocenters.